The van der Waals surface area contributed by atoms with E-state index in [-0.39, 0.29) is 16.9 Å². The van der Waals surface area contributed by atoms with Crippen LogP contribution in [-0.4, -0.2) is 20.5 Å². The first-order valence-corrected chi connectivity index (χ1v) is 7.06. The number of imidazole rings is 1. The van der Waals surface area contributed by atoms with Crippen molar-refractivity contribution >= 4 is 17.3 Å². The first kappa shape index (κ1) is 16.7. The van der Waals surface area contributed by atoms with E-state index in [4.69, 9.17) is 0 Å². The second-order valence-corrected chi connectivity index (χ2v) is 5.21. The van der Waals surface area contributed by atoms with Crippen LogP contribution in [0.15, 0.2) is 42.7 Å². The minimum Gasteiger partial charge on any atom is -0.476 e. The maximum Gasteiger partial charge on any atom is 0.416 e. The maximum atomic E-state index is 13.3. The van der Waals surface area contributed by atoms with E-state index in [0.29, 0.717) is 11.7 Å². The topological polar surface area (TPSA) is 66.6 Å². The number of benzene rings is 1. The number of carboxylic acids is 1. The number of nitrogens with one attached hydrogen (secondary N) is 1. The lowest BCUT2D eigenvalue weighted by Crippen LogP contribution is -2.15. The molecule has 0 fully saturated rings. The van der Waals surface area contributed by atoms with Gasteiger partial charge < -0.3 is 10.4 Å². The Morgan fingerprint density at radius 1 is 1.24 bits per heavy atom. The second-order valence-electron chi connectivity index (χ2n) is 5.21. The van der Waals surface area contributed by atoms with E-state index in [0.717, 1.165) is 12.1 Å². The minimum absolute atomic E-state index is 0.0929. The van der Waals surface area contributed by atoms with Gasteiger partial charge in [0.05, 0.1) is 11.3 Å². The number of pyridine rings is 1. The van der Waals surface area contributed by atoms with E-state index >= 15 is 0 Å². The van der Waals surface area contributed by atoms with Gasteiger partial charge in [-0.05, 0) is 35.9 Å². The van der Waals surface area contributed by atoms with Crippen molar-refractivity contribution in [3.8, 4) is 0 Å². The van der Waals surface area contributed by atoms with Gasteiger partial charge in [0.2, 0.25) is 0 Å². The summed E-state index contributed by atoms with van der Waals surface area (Å²) >= 11 is 0. The number of aromatic carboxylic acids is 1. The molecular formula is C16H11F4N3O2. The van der Waals surface area contributed by atoms with Crippen LogP contribution in [0.4, 0.5) is 23.2 Å². The summed E-state index contributed by atoms with van der Waals surface area (Å²) in [7, 11) is 0. The molecular weight excluding hydrogens is 342 g/mol. The Hall–Kier alpha value is -3.10. The zero-order valence-electron chi connectivity index (χ0n) is 12.5. The van der Waals surface area contributed by atoms with Crippen molar-refractivity contribution in [3.05, 3.63) is 65.4 Å². The van der Waals surface area contributed by atoms with Gasteiger partial charge in [-0.15, -0.1) is 0 Å². The number of aromatic nitrogens is 2. The summed E-state index contributed by atoms with van der Waals surface area (Å²) in [6.07, 6.45) is -1.82. The van der Waals surface area contributed by atoms with E-state index < -0.39 is 30.1 Å². The lowest BCUT2D eigenvalue weighted by atomic mass is 10.1. The number of halogens is 4. The molecule has 2 N–H and O–H groups in total. The van der Waals surface area contributed by atoms with Gasteiger partial charge in [0.1, 0.15) is 11.5 Å². The average Bonchev–Trinajstić information content (AvgIpc) is 2.99. The average molecular weight is 353 g/mol. The molecule has 0 aliphatic carbocycles. The highest BCUT2D eigenvalue weighted by Crippen LogP contribution is 2.33. The van der Waals surface area contributed by atoms with Crippen molar-refractivity contribution in [2.75, 3.05) is 5.32 Å². The Kier molecular flexibility index (Phi) is 4.07. The van der Waals surface area contributed by atoms with E-state index in [9.17, 15) is 27.5 Å². The van der Waals surface area contributed by atoms with Crippen molar-refractivity contribution in [2.24, 2.45) is 0 Å². The molecule has 0 aliphatic heterocycles. The zero-order chi connectivity index (χ0) is 18.2. The fourth-order valence-electron chi connectivity index (χ4n) is 2.53. The second kappa shape index (κ2) is 6.08. The molecule has 0 radical (unpaired) electrons. The predicted octanol–water partition coefficient (Wildman–Crippen LogP) is 3.80. The van der Waals surface area contributed by atoms with Gasteiger partial charge in [-0.3, -0.25) is 4.40 Å². The molecule has 0 saturated carbocycles. The number of carboxylic acid groups (broad SMARTS) is 1. The SMILES string of the molecule is O=C(O)c1c(NCc2cc(F)ccc2C(F)(F)F)ccc2nccn12. The Labute approximate surface area is 138 Å². The van der Waals surface area contributed by atoms with Crippen LogP contribution in [0.5, 0.6) is 0 Å². The largest absolute Gasteiger partial charge is 0.476 e. The summed E-state index contributed by atoms with van der Waals surface area (Å²) < 4.78 is 53.7. The van der Waals surface area contributed by atoms with Crippen LogP contribution in [0.25, 0.3) is 5.65 Å². The van der Waals surface area contributed by atoms with Gasteiger partial charge in [-0.1, -0.05) is 0 Å². The van der Waals surface area contributed by atoms with Gasteiger partial charge in [-0.25, -0.2) is 14.2 Å². The summed E-state index contributed by atoms with van der Waals surface area (Å²) in [6, 6.07) is 5.07. The molecule has 0 unspecified atom stereocenters. The number of alkyl halides is 3. The Balaban J connectivity index is 1.98. The van der Waals surface area contributed by atoms with Crippen LogP contribution in [0, 0.1) is 5.82 Å². The number of hydrogen-bond donors (Lipinski definition) is 2. The molecule has 2 heterocycles. The smallest absolute Gasteiger partial charge is 0.416 e. The van der Waals surface area contributed by atoms with E-state index in [1.165, 1.54) is 28.9 Å². The highest BCUT2D eigenvalue weighted by Gasteiger charge is 2.33. The van der Waals surface area contributed by atoms with Gasteiger partial charge in [-0.2, -0.15) is 13.2 Å². The summed E-state index contributed by atoms with van der Waals surface area (Å²) in [4.78, 5) is 15.4. The maximum absolute atomic E-state index is 13.3. The number of anilines is 1. The molecule has 0 amide bonds. The van der Waals surface area contributed by atoms with Gasteiger partial charge >= 0.3 is 12.1 Å². The summed E-state index contributed by atoms with van der Waals surface area (Å²) in [5.74, 6) is -2.09. The molecule has 5 nitrogen and oxygen atoms in total. The van der Waals surface area contributed by atoms with Crippen molar-refractivity contribution in [3.63, 3.8) is 0 Å². The number of fused-ring (bicyclic) bond motifs is 1. The van der Waals surface area contributed by atoms with Crippen LogP contribution in [0.2, 0.25) is 0 Å². The lowest BCUT2D eigenvalue weighted by Gasteiger charge is -2.15. The quantitative estimate of drug-likeness (QED) is 0.700. The van der Waals surface area contributed by atoms with Crippen molar-refractivity contribution < 1.29 is 27.5 Å². The predicted molar refractivity (Wildman–Crippen MR) is 80.9 cm³/mol. The first-order chi connectivity index (χ1) is 11.8. The van der Waals surface area contributed by atoms with E-state index in [1.54, 1.807) is 0 Å². The number of rotatable bonds is 4. The minimum atomic E-state index is -4.64. The fourth-order valence-corrected chi connectivity index (χ4v) is 2.53. The third-order valence-corrected chi connectivity index (χ3v) is 3.61. The highest BCUT2D eigenvalue weighted by atomic mass is 19.4. The van der Waals surface area contributed by atoms with Gasteiger partial charge in [0, 0.05) is 18.9 Å². The normalized spacial score (nSPS) is 11.7. The van der Waals surface area contributed by atoms with Crippen LogP contribution in [0.3, 0.4) is 0 Å². The molecule has 2 aromatic heterocycles. The number of carbonyl (C=O) groups is 1. The van der Waals surface area contributed by atoms with Crippen LogP contribution in [0.1, 0.15) is 21.6 Å². The number of hydrogen-bond acceptors (Lipinski definition) is 3. The fraction of sp³-hybridized carbons (Fsp3) is 0.125. The molecule has 9 heteroatoms. The summed E-state index contributed by atoms with van der Waals surface area (Å²) in [6.45, 7) is -0.396. The molecule has 0 aliphatic rings. The monoisotopic (exact) mass is 353 g/mol. The molecule has 0 atom stereocenters. The molecule has 3 rings (SSSR count). The molecule has 25 heavy (non-hydrogen) atoms. The van der Waals surface area contributed by atoms with Gasteiger partial charge in [0.15, 0.2) is 5.69 Å². The molecule has 0 saturated heterocycles. The zero-order valence-corrected chi connectivity index (χ0v) is 12.5. The standard InChI is InChI=1S/C16H11F4N3O2/c17-10-1-2-11(16(18,19)20)9(7-10)8-22-12-3-4-13-21-5-6-23(13)14(12)15(24)25/h1-7,22H,8H2,(H,24,25). The van der Waals surface area contributed by atoms with Crippen LogP contribution >= 0.6 is 0 Å². The highest BCUT2D eigenvalue weighted by molar-refractivity contribution is 5.93. The van der Waals surface area contributed by atoms with Crippen LogP contribution < -0.4 is 5.32 Å². The van der Waals surface area contributed by atoms with Crippen LogP contribution in [-0.2, 0) is 12.7 Å². The first-order valence-electron chi connectivity index (χ1n) is 7.06. The number of nitrogens with zero attached hydrogens (tertiary/aromatic N) is 2. The molecule has 3 aromatic rings. The van der Waals surface area contributed by atoms with Crippen molar-refractivity contribution in [2.45, 2.75) is 12.7 Å². The van der Waals surface area contributed by atoms with Crippen molar-refractivity contribution in [1.29, 1.82) is 0 Å². The third kappa shape index (κ3) is 3.25. The van der Waals surface area contributed by atoms with E-state index in [2.05, 4.69) is 10.3 Å². The molecule has 130 valence electrons. The lowest BCUT2D eigenvalue weighted by molar-refractivity contribution is -0.138. The van der Waals surface area contributed by atoms with Crippen molar-refractivity contribution in [1.82, 2.24) is 9.38 Å². The Bertz CT molecular complexity index is 950. The molecule has 0 bridgehead atoms. The molecule has 1 aromatic carbocycles. The van der Waals surface area contributed by atoms with Gasteiger partial charge in [0.25, 0.3) is 0 Å². The summed E-state index contributed by atoms with van der Waals surface area (Å²) in [5, 5.41) is 12.0. The summed E-state index contributed by atoms with van der Waals surface area (Å²) in [5.41, 5.74) is -1.02. The Morgan fingerprint density at radius 2 is 2.00 bits per heavy atom. The third-order valence-electron chi connectivity index (χ3n) is 3.61. The Morgan fingerprint density at radius 3 is 2.68 bits per heavy atom. The molecule has 0 spiro atoms. The van der Waals surface area contributed by atoms with E-state index in [1.807, 2.05) is 0 Å².